The summed E-state index contributed by atoms with van der Waals surface area (Å²) in [7, 11) is 3.06. The van der Waals surface area contributed by atoms with Crippen LogP contribution in [0.15, 0.2) is 42.5 Å². The molecule has 0 fully saturated rings. The summed E-state index contributed by atoms with van der Waals surface area (Å²) in [4.78, 5) is 31.6. The van der Waals surface area contributed by atoms with E-state index in [1.165, 1.54) is 23.3 Å². The molecule has 0 aliphatic rings. The Balaban J connectivity index is 1.72. The predicted octanol–water partition coefficient (Wildman–Crippen LogP) is 5.14. The van der Waals surface area contributed by atoms with Crippen molar-refractivity contribution in [3.63, 3.8) is 0 Å². The fraction of sp³-hybridized carbons (Fsp3) is 0.190. The number of nitrogens with one attached hydrogen (secondary N) is 1. The van der Waals surface area contributed by atoms with Crippen LogP contribution in [-0.2, 0) is 4.79 Å². The number of likely N-dealkylation sites (N-methyl/N-ethyl adjacent to an activating group) is 1. The number of anilines is 1. The molecule has 0 spiro atoms. The van der Waals surface area contributed by atoms with Crippen LogP contribution >= 0.6 is 34.5 Å². The second-order valence-corrected chi connectivity index (χ2v) is 8.37. The Hall–Kier alpha value is -2.61. The van der Waals surface area contributed by atoms with Gasteiger partial charge in [0.2, 0.25) is 5.91 Å². The van der Waals surface area contributed by atoms with Gasteiger partial charge in [-0.05, 0) is 37.3 Å². The monoisotopic (exact) mass is 463 g/mol. The fourth-order valence-corrected chi connectivity index (χ4v) is 4.19. The summed E-state index contributed by atoms with van der Waals surface area (Å²) in [5.41, 5.74) is 1.87. The molecule has 0 saturated carbocycles. The lowest BCUT2D eigenvalue weighted by Gasteiger charge is -2.17. The molecule has 6 nitrogen and oxygen atoms in total. The molecule has 2 aromatic carbocycles. The highest BCUT2D eigenvalue weighted by molar-refractivity contribution is 7.17. The molecular weight excluding hydrogens is 445 g/mol. The highest BCUT2D eigenvalue weighted by atomic mass is 35.5. The van der Waals surface area contributed by atoms with Crippen molar-refractivity contribution in [3.05, 3.63) is 63.1 Å². The van der Waals surface area contributed by atoms with Crippen LogP contribution in [0.4, 0.5) is 5.69 Å². The van der Waals surface area contributed by atoms with E-state index in [0.29, 0.717) is 37.1 Å². The number of rotatable bonds is 6. The molecule has 156 valence electrons. The van der Waals surface area contributed by atoms with Crippen LogP contribution in [0, 0.1) is 6.92 Å². The Morgan fingerprint density at radius 2 is 1.90 bits per heavy atom. The number of methoxy groups -OCH3 is 1. The Kier molecular flexibility index (Phi) is 6.97. The van der Waals surface area contributed by atoms with Gasteiger partial charge in [0.05, 0.1) is 25.0 Å². The average molecular weight is 464 g/mol. The average Bonchev–Trinajstić information content (AvgIpc) is 3.09. The summed E-state index contributed by atoms with van der Waals surface area (Å²) in [5, 5.41) is 4.47. The quantitative estimate of drug-likeness (QED) is 0.548. The number of aryl methyl sites for hydroxylation is 1. The third-order valence-electron chi connectivity index (χ3n) is 4.23. The summed E-state index contributed by atoms with van der Waals surface area (Å²) in [6.07, 6.45) is 0. The first-order valence-electron chi connectivity index (χ1n) is 8.90. The van der Waals surface area contributed by atoms with E-state index < -0.39 is 0 Å². The number of halogens is 2. The number of benzene rings is 2. The number of ether oxygens (including phenoxy) is 1. The smallest absolute Gasteiger partial charge is 0.266 e. The third-order valence-corrected chi connectivity index (χ3v) is 5.89. The molecule has 3 aromatic rings. The number of hydrogen-bond acceptors (Lipinski definition) is 5. The molecule has 0 atom stereocenters. The van der Waals surface area contributed by atoms with Crippen LogP contribution < -0.4 is 10.1 Å². The molecule has 1 aromatic heterocycles. The largest absolute Gasteiger partial charge is 0.495 e. The van der Waals surface area contributed by atoms with Gasteiger partial charge in [-0.2, -0.15) is 0 Å². The topological polar surface area (TPSA) is 71.5 Å². The lowest BCUT2D eigenvalue weighted by molar-refractivity contribution is -0.116. The maximum atomic E-state index is 12.9. The lowest BCUT2D eigenvalue weighted by atomic mass is 10.2. The highest BCUT2D eigenvalue weighted by Gasteiger charge is 2.22. The van der Waals surface area contributed by atoms with Crippen molar-refractivity contribution in [1.29, 1.82) is 0 Å². The summed E-state index contributed by atoms with van der Waals surface area (Å²) in [6.45, 7) is 1.63. The molecule has 1 heterocycles. The Bertz CT molecular complexity index is 1100. The Morgan fingerprint density at radius 3 is 2.60 bits per heavy atom. The van der Waals surface area contributed by atoms with Crippen LogP contribution in [0.5, 0.6) is 5.75 Å². The number of carbonyl (C=O) groups excluding carboxylic acids is 2. The molecule has 9 heteroatoms. The number of nitrogens with zero attached hydrogens (tertiary/aromatic N) is 2. The number of amides is 2. The van der Waals surface area contributed by atoms with Crippen LogP contribution in [0.25, 0.3) is 10.6 Å². The van der Waals surface area contributed by atoms with Crippen molar-refractivity contribution in [2.45, 2.75) is 6.92 Å². The molecule has 1 N–H and O–H groups in total. The van der Waals surface area contributed by atoms with Crippen LogP contribution in [0.2, 0.25) is 10.0 Å². The zero-order chi connectivity index (χ0) is 21.8. The van der Waals surface area contributed by atoms with Crippen molar-refractivity contribution in [1.82, 2.24) is 9.88 Å². The molecule has 0 radical (unpaired) electrons. The molecular formula is C21H19Cl2N3O3S. The van der Waals surface area contributed by atoms with Crippen LogP contribution in [-0.4, -0.2) is 42.4 Å². The van der Waals surface area contributed by atoms with Crippen molar-refractivity contribution in [3.8, 4) is 16.3 Å². The number of aromatic nitrogens is 1. The molecule has 3 rings (SSSR count). The van der Waals surface area contributed by atoms with Gasteiger partial charge in [0.25, 0.3) is 5.91 Å². The Morgan fingerprint density at radius 1 is 1.17 bits per heavy atom. The third kappa shape index (κ3) is 5.11. The second-order valence-electron chi connectivity index (χ2n) is 6.50. The van der Waals surface area contributed by atoms with Gasteiger partial charge in [-0.25, -0.2) is 4.98 Å². The van der Waals surface area contributed by atoms with E-state index in [4.69, 9.17) is 27.9 Å². The van der Waals surface area contributed by atoms with Crippen molar-refractivity contribution >= 4 is 52.0 Å². The number of thiazole rings is 1. The van der Waals surface area contributed by atoms with E-state index in [1.54, 1.807) is 44.3 Å². The van der Waals surface area contributed by atoms with E-state index >= 15 is 0 Å². The molecule has 0 aliphatic carbocycles. The molecule has 30 heavy (non-hydrogen) atoms. The van der Waals surface area contributed by atoms with Crippen LogP contribution in [0.3, 0.4) is 0 Å². The first-order valence-corrected chi connectivity index (χ1v) is 10.5. The lowest BCUT2D eigenvalue weighted by Crippen LogP contribution is -2.34. The zero-order valence-electron chi connectivity index (χ0n) is 16.5. The standard InChI is InChI=1S/C21H19Cl2N3O3S/c1-12-19(30-20(24-12)13-5-4-6-14(22)9-13)21(28)26(2)11-18(27)25-16-10-15(23)7-8-17(16)29-3/h4-10H,11H2,1-3H3,(H,25,27). The van der Waals surface area contributed by atoms with Crippen molar-refractivity contribution in [2.75, 3.05) is 26.0 Å². The second kappa shape index (κ2) is 9.47. The van der Waals surface area contributed by atoms with Gasteiger partial charge < -0.3 is 15.0 Å². The molecule has 0 bridgehead atoms. The predicted molar refractivity (Wildman–Crippen MR) is 121 cm³/mol. The van der Waals surface area contributed by atoms with Gasteiger partial charge in [-0.15, -0.1) is 11.3 Å². The summed E-state index contributed by atoms with van der Waals surface area (Å²) in [6, 6.07) is 12.2. The Labute approximate surface area is 188 Å². The maximum absolute atomic E-state index is 12.9. The van der Waals surface area contributed by atoms with Crippen molar-refractivity contribution < 1.29 is 14.3 Å². The normalized spacial score (nSPS) is 10.6. The van der Waals surface area contributed by atoms with E-state index in [2.05, 4.69) is 10.3 Å². The van der Waals surface area contributed by atoms with Gasteiger partial charge in [0, 0.05) is 22.7 Å². The minimum atomic E-state index is -0.372. The van der Waals surface area contributed by atoms with Gasteiger partial charge in [-0.1, -0.05) is 35.3 Å². The van der Waals surface area contributed by atoms with E-state index in [9.17, 15) is 9.59 Å². The van der Waals surface area contributed by atoms with Gasteiger partial charge in [0.15, 0.2) is 0 Å². The molecule has 2 amide bonds. The minimum Gasteiger partial charge on any atom is -0.495 e. The number of hydrogen-bond donors (Lipinski definition) is 1. The first kappa shape index (κ1) is 22.1. The van der Waals surface area contributed by atoms with Gasteiger partial charge >= 0.3 is 0 Å². The van der Waals surface area contributed by atoms with E-state index in [0.717, 1.165) is 5.56 Å². The summed E-state index contributed by atoms with van der Waals surface area (Å²) in [5.74, 6) is -0.179. The molecule has 0 unspecified atom stereocenters. The summed E-state index contributed by atoms with van der Waals surface area (Å²) < 4.78 is 5.22. The SMILES string of the molecule is COc1ccc(Cl)cc1NC(=O)CN(C)C(=O)c1sc(-c2cccc(Cl)c2)nc1C. The van der Waals surface area contributed by atoms with Gasteiger partial charge in [-0.3, -0.25) is 9.59 Å². The zero-order valence-corrected chi connectivity index (χ0v) is 18.9. The number of carbonyl (C=O) groups is 2. The summed E-state index contributed by atoms with van der Waals surface area (Å²) >= 11 is 13.3. The van der Waals surface area contributed by atoms with Gasteiger partial charge in [0.1, 0.15) is 15.6 Å². The van der Waals surface area contributed by atoms with Crippen LogP contribution in [0.1, 0.15) is 15.4 Å². The molecule has 0 saturated heterocycles. The van der Waals surface area contributed by atoms with E-state index in [1.807, 2.05) is 12.1 Å². The van der Waals surface area contributed by atoms with Crippen molar-refractivity contribution in [2.24, 2.45) is 0 Å². The van der Waals surface area contributed by atoms with E-state index in [-0.39, 0.29) is 18.4 Å². The maximum Gasteiger partial charge on any atom is 0.266 e. The highest BCUT2D eigenvalue weighted by Crippen LogP contribution is 2.30. The molecule has 0 aliphatic heterocycles. The minimum absolute atomic E-state index is 0.141. The fourth-order valence-electron chi connectivity index (χ4n) is 2.77. The first-order chi connectivity index (χ1) is 14.3.